The van der Waals surface area contributed by atoms with Crippen LogP contribution in [0.5, 0.6) is 0 Å². The molecule has 0 aromatic carbocycles. The highest BCUT2D eigenvalue weighted by Crippen LogP contribution is 2.25. The minimum atomic E-state index is -0.137. The molecule has 0 spiro atoms. The van der Waals surface area contributed by atoms with Gasteiger partial charge in [0.15, 0.2) is 0 Å². The summed E-state index contributed by atoms with van der Waals surface area (Å²) < 4.78 is 0. The smallest absolute Gasteiger partial charge is 0.127 e. The summed E-state index contributed by atoms with van der Waals surface area (Å²) in [5.41, 5.74) is 1.48. The highest BCUT2D eigenvalue weighted by Gasteiger charge is 2.22. The Morgan fingerprint density at radius 2 is 2.35 bits per heavy atom. The fourth-order valence-electron chi connectivity index (χ4n) is 2.31. The van der Waals surface area contributed by atoms with Crippen LogP contribution in [0.4, 0.5) is 5.82 Å². The lowest BCUT2D eigenvalue weighted by atomic mass is 10.1. The van der Waals surface area contributed by atoms with E-state index < -0.39 is 0 Å². The number of anilines is 1. The number of rotatable bonds is 3. The lowest BCUT2D eigenvalue weighted by Crippen LogP contribution is -2.13. The second-order valence-corrected chi connectivity index (χ2v) is 4.71. The van der Waals surface area contributed by atoms with Gasteiger partial charge in [-0.2, -0.15) is 5.26 Å². The van der Waals surface area contributed by atoms with E-state index in [1.165, 1.54) is 0 Å². The normalized spacial score (nSPS) is 23.4. The maximum absolute atomic E-state index is 9.44. The zero-order chi connectivity index (χ0) is 12.3. The number of aromatic nitrogens is 1. The Morgan fingerprint density at radius 3 is 3.00 bits per heavy atom. The van der Waals surface area contributed by atoms with E-state index in [1.54, 1.807) is 12.1 Å². The van der Waals surface area contributed by atoms with Gasteiger partial charge in [0, 0.05) is 12.2 Å². The van der Waals surface area contributed by atoms with Gasteiger partial charge >= 0.3 is 0 Å². The molecule has 2 atom stereocenters. The third-order valence-corrected chi connectivity index (χ3v) is 3.17. The summed E-state index contributed by atoms with van der Waals surface area (Å²) in [6.45, 7) is 2.70. The molecule has 0 amide bonds. The second-order valence-electron chi connectivity index (χ2n) is 4.71. The molecule has 1 fully saturated rings. The van der Waals surface area contributed by atoms with Crippen LogP contribution in [0.25, 0.3) is 0 Å². The van der Waals surface area contributed by atoms with E-state index in [9.17, 15) is 5.11 Å². The summed E-state index contributed by atoms with van der Waals surface area (Å²) in [5.74, 6) is 1.26. The number of nitrogens with zero attached hydrogens (tertiary/aromatic N) is 2. The molecule has 0 saturated heterocycles. The molecular formula is C13H17N3O. The number of nitriles is 1. The van der Waals surface area contributed by atoms with Gasteiger partial charge in [-0.1, -0.05) is 0 Å². The van der Waals surface area contributed by atoms with Crippen LogP contribution in [0.3, 0.4) is 0 Å². The van der Waals surface area contributed by atoms with Gasteiger partial charge < -0.3 is 10.4 Å². The zero-order valence-corrected chi connectivity index (χ0v) is 9.98. The van der Waals surface area contributed by atoms with E-state index in [0.29, 0.717) is 11.5 Å². The van der Waals surface area contributed by atoms with Crippen molar-refractivity contribution < 1.29 is 5.11 Å². The summed E-state index contributed by atoms with van der Waals surface area (Å²) in [4.78, 5) is 4.34. The summed E-state index contributed by atoms with van der Waals surface area (Å²) in [6.07, 6.45) is 2.69. The molecule has 17 heavy (non-hydrogen) atoms. The Labute approximate surface area is 101 Å². The summed E-state index contributed by atoms with van der Waals surface area (Å²) in [6, 6.07) is 5.65. The summed E-state index contributed by atoms with van der Waals surface area (Å²) in [5, 5.41) is 21.5. The lowest BCUT2D eigenvalue weighted by Gasteiger charge is -2.11. The Balaban J connectivity index is 1.95. The van der Waals surface area contributed by atoms with E-state index >= 15 is 0 Å². The maximum atomic E-state index is 9.44. The van der Waals surface area contributed by atoms with Crippen LogP contribution in [0.1, 0.15) is 30.5 Å². The van der Waals surface area contributed by atoms with Gasteiger partial charge in [-0.15, -0.1) is 0 Å². The van der Waals surface area contributed by atoms with Crippen LogP contribution in [0, 0.1) is 24.2 Å². The van der Waals surface area contributed by atoms with Crippen molar-refractivity contribution in [3.05, 3.63) is 23.4 Å². The third kappa shape index (κ3) is 3.18. The molecule has 2 rings (SSSR count). The first-order valence-corrected chi connectivity index (χ1v) is 5.98. The molecule has 1 aliphatic rings. The largest absolute Gasteiger partial charge is 0.393 e. The van der Waals surface area contributed by atoms with Crippen LogP contribution in [-0.4, -0.2) is 22.7 Å². The molecule has 2 N–H and O–H groups in total. The van der Waals surface area contributed by atoms with Crippen LogP contribution < -0.4 is 5.32 Å². The Kier molecular flexibility index (Phi) is 3.60. The van der Waals surface area contributed by atoms with Crippen LogP contribution >= 0.6 is 0 Å². The van der Waals surface area contributed by atoms with E-state index in [4.69, 9.17) is 5.26 Å². The SMILES string of the molecule is Cc1cc(C#N)cc(NCC2CCC(O)C2)n1. The van der Waals surface area contributed by atoms with Crippen LogP contribution in [0.15, 0.2) is 12.1 Å². The molecule has 0 radical (unpaired) electrons. The maximum Gasteiger partial charge on any atom is 0.127 e. The van der Waals surface area contributed by atoms with Crippen molar-refractivity contribution in [1.82, 2.24) is 4.98 Å². The standard InChI is InChI=1S/C13H17N3O/c1-9-4-11(7-14)6-13(16-9)15-8-10-2-3-12(17)5-10/h4,6,10,12,17H,2-3,5,8H2,1H3,(H,15,16). The van der Waals surface area contributed by atoms with Crippen molar-refractivity contribution in [3.8, 4) is 6.07 Å². The molecule has 1 heterocycles. The molecule has 0 aliphatic heterocycles. The number of hydrogen-bond donors (Lipinski definition) is 2. The summed E-state index contributed by atoms with van der Waals surface area (Å²) in [7, 11) is 0. The van der Waals surface area contributed by atoms with E-state index in [0.717, 1.165) is 37.3 Å². The number of aryl methyl sites for hydroxylation is 1. The molecule has 1 aliphatic carbocycles. The van der Waals surface area contributed by atoms with Gasteiger partial charge in [-0.25, -0.2) is 4.98 Å². The summed E-state index contributed by atoms with van der Waals surface area (Å²) >= 11 is 0. The fraction of sp³-hybridized carbons (Fsp3) is 0.538. The van der Waals surface area contributed by atoms with Crippen molar-refractivity contribution in [2.45, 2.75) is 32.3 Å². The molecule has 1 aromatic rings. The third-order valence-electron chi connectivity index (χ3n) is 3.17. The first-order chi connectivity index (χ1) is 8.17. The molecule has 2 unspecified atom stereocenters. The van der Waals surface area contributed by atoms with Crippen molar-refractivity contribution in [3.63, 3.8) is 0 Å². The van der Waals surface area contributed by atoms with Gasteiger partial charge in [0.2, 0.25) is 0 Å². The predicted octanol–water partition coefficient (Wildman–Crippen LogP) is 1.83. The van der Waals surface area contributed by atoms with Crippen molar-refractivity contribution >= 4 is 5.82 Å². The topological polar surface area (TPSA) is 68.9 Å². The zero-order valence-electron chi connectivity index (χ0n) is 9.98. The average Bonchev–Trinajstić information content (AvgIpc) is 2.72. The molecular weight excluding hydrogens is 214 g/mol. The average molecular weight is 231 g/mol. The molecule has 4 nitrogen and oxygen atoms in total. The van der Waals surface area contributed by atoms with Crippen LogP contribution in [-0.2, 0) is 0 Å². The number of pyridine rings is 1. The number of nitrogens with one attached hydrogen (secondary N) is 1. The molecule has 4 heteroatoms. The van der Waals surface area contributed by atoms with Gasteiger partial charge in [0.05, 0.1) is 17.7 Å². The molecule has 90 valence electrons. The van der Waals surface area contributed by atoms with E-state index in [-0.39, 0.29) is 6.10 Å². The Hall–Kier alpha value is -1.60. The highest BCUT2D eigenvalue weighted by atomic mass is 16.3. The van der Waals surface area contributed by atoms with Crippen molar-refractivity contribution in [2.24, 2.45) is 5.92 Å². The lowest BCUT2D eigenvalue weighted by molar-refractivity contribution is 0.178. The van der Waals surface area contributed by atoms with E-state index in [1.807, 2.05) is 6.92 Å². The minimum absolute atomic E-state index is 0.137. The van der Waals surface area contributed by atoms with Crippen molar-refractivity contribution in [2.75, 3.05) is 11.9 Å². The van der Waals surface area contributed by atoms with E-state index in [2.05, 4.69) is 16.4 Å². The number of aliphatic hydroxyl groups is 1. The monoisotopic (exact) mass is 231 g/mol. The Bertz CT molecular complexity index is 439. The first kappa shape index (κ1) is 11.9. The van der Waals surface area contributed by atoms with Crippen LogP contribution in [0.2, 0.25) is 0 Å². The van der Waals surface area contributed by atoms with Gasteiger partial charge in [-0.3, -0.25) is 0 Å². The predicted molar refractivity (Wildman–Crippen MR) is 65.5 cm³/mol. The highest BCUT2D eigenvalue weighted by molar-refractivity contribution is 5.44. The van der Waals surface area contributed by atoms with Crippen molar-refractivity contribution in [1.29, 1.82) is 5.26 Å². The Morgan fingerprint density at radius 1 is 1.53 bits per heavy atom. The molecule has 0 bridgehead atoms. The minimum Gasteiger partial charge on any atom is -0.393 e. The van der Waals surface area contributed by atoms with Gasteiger partial charge in [0.25, 0.3) is 0 Å². The van der Waals surface area contributed by atoms with Gasteiger partial charge in [0.1, 0.15) is 5.82 Å². The fourth-order valence-corrected chi connectivity index (χ4v) is 2.31. The first-order valence-electron chi connectivity index (χ1n) is 5.98. The number of hydrogen-bond acceptors (Lipinski definition) is 4. The molecule has 1 aromatic heterocycles. The number of aliphatic hydroxyl groups excluding tert-OH is 1. The second kappa shape index (κ2) is 5.15. The molecule has 1 saturated carbocycles. The quantitative estimate of drug-likeness (QED) is 0.832. The van der Waals surface area contributed by atoms with Gasteiger partial charge in [-0.05, 0) is 44.2 Å².